The van der Waals surface area contributed by atoms with Gasteiger partial charge in [0, 0.05) is 25.7 Å². The van der Waals surface area contributed by atoms with Crippen molar-refractivity contribution in [2.45, 2.75) is 393 Å². The SMILES string of the molecule is CCCCCC/C=C\C=C/CCCCCCCC(=O)OC[C@H](COP(=O)(O)OC[C@@H](O)COP(=O)(O)OC[C@@H](COC(=O)CCCCCCCCCC)OC(=O)CCCCCCCCCCC)OC(=O)CCCCCCCCCCCCCCCCCCCCCCCC. The van der Waals surface area contributed by atoms with Crippen LogP contribution in [0.3, 0.4) is 0 Å². The normalized spacial score (nSPS) is 14.1. The molecular weight excluding hydrogens is 1230 g/mol. The molecule has 17 nitrogen and oxygen atoms in total. The van der Waals surface area contributed by atoms with Gasteiger partial charge in [0.1, 0.15) is 19.3 Å². The summed E-state index contributed by atoms with van der Waals surface area (Å²) in [5.41, 5.74) is 0. The second-order valence-electron chi connectivity index (χ2n) is 26.4. The van der Waals surface area contributed by atoms with Crippen LogP contribution in [0.5, 0.6) is 0 Å². The van der Waals surface area contributed by atoms with E-state index in [0.29, 0.717) is 25.7 Å². The summed E-state index contributed by atoms with van der Waals surface area (Å²) in [4.78, 5) is 72.5. The number of unbranched alkanes of at least 4 members (excludes halogenated alkanes) is 45. The maximum Gasteiger partial charge on any atom is 0.472 e. The Hall–Kier alpha value is -2.46. The molecule has 0 amide bonds. The Morgan fingerprint density at radius 2 is 0.511 bits per heavy atom. The molecule has 0 fully saturated rings. The molecular formula is C75H142O17P2. The lowest BCUT2D eigenvalue weighted by atomic mass is 10.0. The molecule has 2 unspecified atom stereocenters. The molecule has 0 aromatic carbocycles. The van der Waals surface area contributed by atoms with E-state index in [1.807, 2.05) is 0 Å². The van der Waals surface area contributed by atoms with Gasteiger partial charge in [-0.15, -0.1) is 0 Å². The van der Waals surface area contributed by atoms with Crippen molar-refractivity contribution in [2.24, 2.45) is 0 Å². The fourth-order valence-corrected chi connectivity index (χ4v) is 12.6. The molecule has 0 aliphatic rings. The van der Waals surface area contributed by atoms with Crippen molar-refractivity contribution in [3.05, 3.63) is 24.3 Å². The van der Waals surface area contributed by atoms with E-state index < -0.39 is 97.5 Å². The van der Waals surface area contributed by atoms with Crippen molar-refractivity contribution in [3.63, 3.8) is 0 Å². The number of aliphatic hydroxyl groups is 1. The standard InChI is InChI=1S/C75H142O17P2/c1-5-9-13-17-21-25-27-29-31-32-33-34-35-36-37-39-41-43-46-50-54-58-62-75(80)92-71(66-86-73(78)60-56-52-48-45-42-40-38-30-28-26-22-18-14-10-6-2)68-90-94(83,84)88-64-69(76)63-87-93(81,82)89-67-70(65-85-72(77)59-55-51-47-24-20-16-12-8-4)91-74(79)61-57-53-49-44-23-19-15-11-7-3/h26,28,30,38,69-71,76H,5-25,27,29,31-37,39-68H2,1-4H3,(H,81,82)(H,83,84)/b28-26-,38-30-/t69-,70+,71+/m0/s1. The number of ether oxygens (including phenoxy) is 4. The van der Waals surface area contributed by atoms with Crippen molar-refractivity contribution < 1.29 is 80.2 Å². The van der Waals surface area contributed by atoms with Gasteiger partial charge in [0.2, 0.25) is 0 Å². The first kappa shape index (κ1) is 91.5. The molecule has 0 saturated carbocycles. The van der Waals surface area contributed by atoms with Crippen molar-refractivity contribution in [1.29, 1.82) is 0 Å². The number of hydrogen-bond acceptors (Lipinski definition) is 15. The molecule has 0 aromatic heterocycles. The second-order valence-corrected chi connectivity index (χ2v) is 29.3. The Morgan fingerprint density at radius 3 is 0.777 bits per heavy atom. The van der Waals surface area contributed by atoms with Crippen LogP contribution in [0.2, 0.25) is 0 Å². The zero-order chi connectivity index (χ0) is 69.0. The van der Waals surface area contributed by atoms with E-state index in [4.69, 9.17) is 37.0 Å². The summed E-state index contributed by atoms with van der Waals surface area (Å²) in [5, 5.41) is 10.6. The molecule has 0 aromatic rings. The van der Waals surface area contributed by atoms with E-state index in [1.54, 1.807) is 0 Å². The van der Waals surface area contributed by atoms with E-state index in [-0.39, 0.29) is 25.7 Å². The number of carbonyl (C=O) groups is 4. The highest BCUT2D eigenvalue weighted by Crippen LogP contribution is 2.45. The second kappa shape index (κ2) is 69.0. The van der Waals surface area contributed by atoms with Crippen LogP contribution in [-0.4, -0.2) is 96.7 Å². The number of phosphoric ester groups is 2. The van der Waals surface area contributed by atoms with Gasteiger partial charge >= 0.3 is 39.5 Å². The van der Waals surface area contributed by atoms with Crippen LogP contribution < -0.4 is 0 Å². The first-order valence-corrected chi connectivity index (χ1v) is 41.6. The number of phosphoric acid groups is 2. The minimum Gasteiger partial charge on any atom is -0.462 e. The number of hydrogen-bond donors (Lipinski definition) is 3. The molecule has 0 rings (SSSR count). The van der Waals surface area contributed by atoms with Crippen LogP contribution >= 0.6 is 15.6 Å². The average Bonchev–Trinajstić information content (AvgIpc) is 2.24. The number of aliphatic hydroxyl groups excluding tert-OH is 1. The Bertz CT molecular complexity index is 1880. The van der Waals surface area contributed by atoms with Gasteiger partial charge in [0.05, 0.1) is 26.4 Å². The maximum atomic E-state index is 13.1. The van der Waals surface area contributed by atoms with Gasteiger partial charge in [0.15, 0.2) is 12.2 Å². The topological polar surface area (TPSA) is 237 Å². The largest absolute Gasteiger partial charge is 0.472 e. The quantitative estimate of drug-likeness (QED) is 0.0169. The highest BCUT2D eigenvalue weighted by Gasteiger charge is 2.30. The van der Waals surface area contributed by atoms with E-state index >= 15 is 0 Å². The summed E-state index contributed by atoms with van der Waals surface area (Å²) in [6.07, 6.45) is 62.1. The van der Waals surface area contributed by atoms with E-state index in [0.717, 1.165) is 116 Å². The van der Waals surface area contributed by atoms with Crippen LogP contribution in [-0.2, 0) is 65.4 Å². The van der Waals surface area contributed by atoms with Gasteiger partial charge in [0.25, 0.3) is 0 Å². The molecule has 0 saturated heterocycles. The Kier molecular flexibility index (Phi) is 67.2. The molecule has 0 heterocycles. The highest BCUT2D eigenvalue weighted by atomic mass is 31.2. The summed E-state index contributed by atoms with van der Waals surface area (Å²) in [6.45, 7) is 4.86. The zero-order valence-electron chi connectivity index (χ0n) is 60.4. The predicted octanol–water partition coefficient (Wildman–Crippen LogP) is 21.8. The van der Waals surface area contributed by atoms with Crippen LogP contribution in [0.4, 0.5) is 0 Å². The van der Waals surface area contributed by atoms with Gasteiger partial charge in [-0.05, 0) is 51.4 Å². The van der Waals surface area contributed by atoms with Gasteiger partial charge in [-0.3, -0.25) is 37.3 Å². The van der Waals surface area contributed by atoms with Crippen LogP contribution in [0, 0.1) is 0 Å². The lowest BCUT2D eigenvalue weighted by molar-refractivity contribution is -0.161. The summed E-state index contributed by atoms with van der Waals surface area (Å²) in [6, 6.07) is 0. The first-order chi connectivity index (χ1) is 45.7. The molecule has 0 aliphatic heterocycles. The lowest BCUT2D eigenvalue weighted by Crippen LogP contribution is -2.30. The number of carbonyl (C=O) groups excluding carboxylic acids is 4. The molecule has 0 spiro atoms. The van der Waals surface area contributed by atoms with Gasteiger partial charge in [-0.25, -0.2) is 9.13 Å². The molecule has 5 atom stereocenters. The monoisotopic (exact) mass is 1380 g/mol. The van der Waals surface area contributed by atoms with Gasteiger partial charge < -0.3 is 33.8 Å². The molecule has 0 aliphatic carbocycles. The fraction of sp³-hybridized carbons (Fsp3) is 0.893. The van der Waals surface area contributed by atoms with Crippen LogP contribution in [0.15, 0.2) is 24.3 Å². The summed E-state index contributed by atoms with van der Waals surface area (Å²) >= 11 is 0. The Labute approximate surface area is 573 Å². The predicted molar refractivity (Wildman–Crippen MR) is 381 cm³/mol. The third-order valence-corrected chi connectivity index (χ3v) is 18.9. The number of esters is 4. The third-order valence-electron chi connectivity index (χ3n) is 17.0. The average molecular weight is 1380 g/mol. The number of allylic oxidation sites excluding steroid dienone is 4. The lowest BCUT2D eigenvalue weighted by Gasteiger charge is -2.21. The molecule has 0 bridgehead atoms. The summed E-state index contributed by atoms with van der Waals surface area (Å²) in [7, 11) is -9.91. The first-order valence-electron chi connectivity index (χ1n) is 38.6. The van der Waals surface area contributed by atoms with E-state index in [1.165, 1.54) is 180 Å². The fourth-order valence-electron chi connectivity index (χ4n) is 11.0. The minimum atomic E-state index is -4.96. The third kappa shape index (κ3) is 68.1. The van der Waals surface area contributed by atoms with Crippen LogP contribution in [0.1, 0.15) is 374 Å². The summed E-state index contributed by atoms with van der Waals surface area (Å²) < 4.78 is 68.3. The minimum absolute atomic E-state index is 0.102. The molecule has 0 radical (unpaired) electrons. The molecule has 554 valence electrons. The number of rotatable bonds is 74. The van der Waals surface area contributed by atoms with Crippen molar-refractivity contribution in [3.8, 4) is 0 Å². The van der Waals surface area contributed by atoms with Crippen molar-refractivity contribution in [1.82, 2.24) is 0 Å². The zero-order valence-corrected chi connectivity index (χ0v) is 62.2. The van der Waals surface area contributed by atoms with E-state index in [9.17, 15) is 43.2 Å². The smallest absolute Gasteiger partial charge is 0.462 e. The Balaban J connectivity index is 5.17. The Morgan fingerprint density at radius 1 is 0.298 bits per heavy atom. The highest BCUT2D eigenvalue weighted by molar-refractivity contribution is 7.47. The van der Waals surface area contributed by atoms with Crippen LogP contribution in [0.25, 0.3) is 0 Å². The molecule has 19 heteroatoms. The van der Waals surface area contributed by atoms with Gasteiger partial charge in [-0.2, -0.15) is 0 Å². The molecule has 94 heavy (non-hydrogen) atoms. The molecule has 3 N–H and O–H groups in total. The van der Waals surface area contributed by atoms with Gasteiger partial charge in [-0.1, -0.05) is 322 Å². The van der Waals surface area contributed by atoms with Crippen molar-refractivity contribution in [2.75, 3.05) is 39.6 Å². The van der Waals surface area contributed by atoms with Crippen molar-refractivity contribution >= 4 is 39.5 Å². The summed E-state index contributed by atoms with van der Waals surface area (Å²) in [5.74, 6) is -2.15. The maximum absolute atomic E-state index is 13.1. The van der Waals surface area contributed by atoms with E-state index in [2.05, 4.69) is 52.0 Å².